The lowest BCUT2D eigenvalue weighted by Crippen LogP contribution is -2.38. The third-order valence-corrected chi connectivity index (χ3v) is 5.50. The Bertz CT molecular complexity index is 365. The van der Waals surface area contributed by atoms with E-state index in [2.05, 4.69) is 62.1 Å². The molecule has 1 saturated heterocycles. The Kier molecular flexibility index (Phi) is 5.77. The minimum Gasteiger partial charge on any atom is -0.313 e. The summed E-state index contributed by atoms with van der Waals surface area (Å²) in [5.41, 5.74) is 2.92. The smallest absolute Gasteiger partial charge is 0.0226 e. The van der Waals surface area contributed by atoms with E-state index in [1.54, 1.807) is 0 Å². The molecule has 0 radical (unpaired) electrons. The Morgan fingerprint density at radius 3 is 2.53 bits per heavy atom. The Labute approximate surface area is 122 Å². The van der Waals surface area contributed by atoms with Gasteiger partial charge in [0.15, 0.2) is 0 Å². The van der Waals surface area contributed by atoms with Crippen molar-refractivity contribution in [1.82, 2.24) is 5.32 Å². The quantitative estimate of drug-likeness (QED) is 0.835. The van der Waals surface area contributed by atoms with E-state index in [1.165, 1.54) is 36.1 Å². The van der Waals surface area contributed by atoms with Gasteiger partial charge in [-0.2, -0.15) is 11.8 Å². The molecule has 0 bridgehead atoms. The Hall–Kier alpha value is -0.470. The molecule has 2 heteroatoms. The summed E-state index contributed by atoms with van der Waals surface area (Å²) >= 11 is 2.16. The molecular weight excluding hydrogens is 250 g/mol. The highest BCUT2D eigenvalue weighted by Gasteiger charge is 2.24. The van der Waals surface area contributed by atoms with Crippen molar-refractivity contribution >= 4 is 11.8 Å². The molecule has 1 aromatic carbocycles. The van der Waals surface area contributed by atoms with Gasteiger partial charge in [-0.25, -0.2) is 0 Å². The topological polar surface area (TPSA) is 12.0 Å². The lowest BCUT2D eigenvalue weighted by Gasteiger charge is -2.24. The SMILES string of the molecule is CCNC(Cc1ccc(C(C)C)cc1)C1CCCS1. The molecule has 0 aliphatic carbocycles. The molecule has 1 fully saturated rings. The standard InChI is InChI=1S/C17H27NS/c1-4-18-16(17-6-5-11-19-17)12-14-7-9-15(10-8-14)13(2)3/h7-10,13,16-18H,4-6,11-12H2,1-3H3. The highest BCUT2D eigenvalue weighted by Crippen LogP contribution is 2.30. The fraction of sp³-hybridized carbons (Fsp3) is 0.647. The van der Waals surface area contributed by atoms with Gasteiger partial charge in [0, 0.05) is 11.3 Å². The first kappa shape index (κ1) is 14.9. The summed E-state index contributed by atoms with van der Waals surface area (Å²) in [5, 5.41) is 4.50. The molecule has 0 saturated carbocycles. The fourth-order valence-corrected chi connectivity index (χ4v) is 4.20. The van der Waals surface area contributed by atoms with Crippen molar-refractivity contribution in [2.24, 2.45) is 0 Å². The normalized spacial score (nSPS) is 20.9. The highest BCUT2D eigenvalue weighted by atomic mass is 32.2. The molecule has 106 valence electrons. The molecule has 0 aromatic heterocycles. The van der Waals surface area contributed by atoms with E-state index >= 15 is 0 Å². The lowest BCUT2D eigenvalue weighted by molar-refractivity contribution is 0.495. The lowest BCUT2D eigenvalue weighted by atomic mass is 9.97. The molecule has 0 spiro atoms. The Morgan fingerprint density at radius 2 is 2.00 bits per heavy atom. The third-order valence-electron chi connectivity index (χ3n) is 3.98. The maximum atomic E-state index is 3.69. The zero-order valence-corrected chi connectivity index (χ0v) is 13.3. The summed E-state index contributed by atoms with van der Waals surface area (Å²) < 4.78 is 0. The number of nitrogens with one attached hydrogen (secondary N) is 1. The molecule has 1 nitrogen and oxygen atoms in total. The van der Waals surface area contributed by atoms with Gasteiger partial charge in [0.05, 0.1) is 0 Å². The van der Waals surface area contributed by atoms with Crippen LogP contribution in [0.25, 0.3) is 0 Å². The molecular formula is C17H27NS. The Morgan fingerprint density at radius 1 is 1.26 bits per heavy atom. The van der Waals surface area contributed by atoms with Crippen molar-refractivity contribution in [2.45, 2.75) is 57.2 Å². The molecule has 19 heavy (non-hydrogen) atoms. The highest BCUT2D eigenvalue weighted by molar-refractivity contribution is 8.00. The molecule has 2 unspecified atom stereocenters. The van der Waals surface area contributed by atoms with Crippen molar-refractivity contribution in [3.8, 4) is 0 Å². The summed E-state index contributed by atoms with van der Waals surface area (Å²) in [6.45, 7) is 7.80. The summed E-state index contributed by atoms with van der Waals surface area (Å²) in [4.78, 5) is 0. The van der Waals surface area contributed by atoms with Crippen LogP contribution in [0.15, 0.2) is 24.3 Å². The average molecular weight is 277 g/mol. The van der Waals surface area contributed by atoms with Gasteiger partial charge >= 0.3 is 0 Å². The van der Waals surface area contributed by atoms with Gasteiger partial charge in [0.1, 0.15) is 0 Å². The van der Waals surface area contributed by atoms with E-state index in [4.69, 9.17) is 0 Å². The van der Waals surface area contributed by atoms with Crippen LogP contribution in [0.1, 0.15) is 50.7 Å². The predicted molar refractivity (Wildman–Crippen MR) is 87.2 cm³/mol. The van der Waals surface area contributed by atoms with Crippen molar-refractivity contribution in [3.05, 3.63) is 35.4 Å². The van der Waals surface area contributed by atoms with Crippen molar-refractivity contribution in [3.63, 3.8) is 0 Å². The van der Waals surface area contributed by atoms with Crippen LogP contribution in [0.5, 0.6) is 0 Å². The molecule has 1 aliphatic heterocycles. The van der Waals surface area contributed by atoms with E-state index in [0.717, 1.165) is 11.8 Å². The van der Waals surface area contributed by atoms with Crippen LogP contribution in [0.4, 0.5) is 0 Å². The van der Waals surface area contributed by atoms with E-state index in [-0.39, 0.29) is 0 Å². The first-order valence-electron chi connectivity index (χ1n) is 7.64. The molecule has 1 N–H and O–H groups in total. The van der Waals surface area contributed by atoms with Gasteiger partial charge in [0.25, 0.3) is 0 Å². The minimum absolute atomic E-state index is 0.629. The summed E-state index contributed by atoms with van der Waals surface area (Å²) in [6, 6.07) is 9.87. The third kappa shape index (κ3) is 4.25. The van der Waals surface area contributed by atoms with E-state index in [0.29, 0.717) is 12.0 Å². The first-order chi connectivity index (χ1) is 9.20. The second-order valence-electron chi connectivity index (χ2n) is 5.82. The second-order valence-corrected chi connectivity index (χ2v) is 7.16. The number of likely N-dealkylation sites (N-methyl/N-ethyl adjacent to an activating group) is 1. The summed E-state index contributed by atoms with van der Waals surface area (Å²) in [5.74, 6) is 1.97. The number of rotatable bonds is 6. The average Bonchev–Trinajstić information content (AvgIpc) is 2.92. The molecule has 0 amide bonds. The maximum Gasteiger partial charge on any atom is 0.0226 e. The summed E-state index contributed by atoms with van der Waals surface area (Å²) in [7, 11) is 0. The van der Waals surface area contributed by atoms with Crippen LogP contribution < -0.4 is 5.32 Å². The Balaban J connectivity index is 1.99. The van der Waals surface area contributed by atoms with Crippen LogP contribution >= 0.6 is 11.8 Å². The van der Waals surface area contributed by atoms with Crippen molar-refractivity contribution < 1.29 is 0 Å². The zero-order chi connectivity index (χ0) is 13.7. The molecule has 1 heterocycles. The fourth-order valence-electron chi connectivity index (χ4n) is 2.81. The maximum absolute atomic E-state index is 3.69. The van der Waals surface area contributed by atoms with E-state index < -0.39 is 0 Å². The number of benzene rings is 1. The molecule has 2 rings (SSSR count). The molecule has 1 aliphatic rings. The largest absolute Gasteiger partial charge is 0.313 e. The molecule has 1 aromatic rings. The van der Waals surface area contributed by atoms with Crippen LogP contribution in [-0.4, -0.2) is 23.6 Å². The second kappa shape index (κ2) is 7.35. The van der Waals surface area contributed by atoms with E-state index in [1.807, 2.05) is 0 Å². The predicted octanol–water partition coefficient (Wildman–Crippen LogP) is 4.23. The van der Waals surface area contributed by atoms with Gasteiger partial charge in [0.2, 0.25) is 0 Å². The number of hydrogen-bond acceptors (Lipinski definition) is 2. The van der Waals surface area contributed by atoms with Crippen molar-refractivity contribution in [1.29, 1.82) is 0 Å². The first-order valence-corrected chi connectivity index (χ1v) is 8.69. The number of hydrogen-bond donors (Lipinski definition) is 1. The molecule has 2 atom stereocenters. The summed E-state index contributed by atoms with van der Waals surface area (Å²) in [6.07, 6.45) is 3.94. The zero-order valence-electron chi connectivity index (χ0n) is 12.5. The van der Waals surface area contributed by atoms with Gasteiger partial charge in [-0.05, 0) is 48.6 Å². The van der Waals surface area contributed by atoms with Gasteiger partial charge in [-0.3, -0.25) is 0 Å². The van der Waals surface area contributed by atoms with Gasteiger partial charge < -0.3 is 5.32 Å². The van der Waals surface area contributed by atoms with Gasteiger partial charge in [-0.15, -0.1) is 0 Å². The van der Waals surface area contributed by atoms with Crippen LogP contribution in [-0.2, 0) is 6.42 Å². The minimum atomic E-state index is 0.629. The van der Waals surface area contributed by atoms with E-state index in [9.17, 15) is 0 Å². The van der Waals surface area contributed by atoms with Crippen LogP contribution in [0.2, 0.25) is 0 Å². The van der Waals surface area contributed by atoms with Crippen LogP contribution in [0, 0.1) is 0 Å². The number of thioether (sulfide) groups is 1. The monoisotopic (exact) mass is 277 g/mol. The van der Waals surface area contributed by atoms with Gasteiger partial charge in [-0.1, -0.05) is 45.0 Å². The van der Waals surface area contributed by atoms with Crippen LogP contribution in [0.3, 0.4) is 0 Å². The van der Waals surface area contributed by atoms with Crippen molar-refractivity contribution in [2.75, 3.05) is 12.3 Å².